The number of carbonyl (C=O) groups excluding carboxylic acids is 1. The highest BCUT2D eigenvalue weighted by Crippen LogP contribution is 2.04. The topological polar surface area (TPSA) is 66.4 Å². The van der Waals surface area contributed by atoms with Gasteiger partial charge in [-0.1, -0.05) is 0 Å². The van der Waals surface area contributed by atoms with E-state index < -0.39 is 11.8 Å². The number of aliphatic carboxylic acids is 1. The van der Waals surface area contributed by atoms with Gasteiger partial charge in [-0.3, -0.25) is 9.59 Å². The van der Waals surface area contributed by atoms with Crippen LogP contribution in [-0.4, -0.2) is 23.0 Å². The summed E-state index contributed by atoms with van der Waals surface area (Å²) >= 11 is 0. The zero-order valence-corrected chi connectivity index (χ0v) is 9.44. The number of halogens is 1. The maximum absolute atomic E-state index is 12.6. The molecule has 1 aromatic rings. The molecule has 92 valence electrons. The number of carboxylic acids is 1. The Hall–Kier alpha value is -1.91. The Morgan fingerprint density at radius 2 is 1.94 bits per heavy atom. The van der Waals surface area contributed by atoms with E-state index in [4.69, 9.17) is 5.11 Å². The molecule has 5 heteroatoms. The van der Waals surface area contributed by atoms with Crippen LogP contribution >= 0.6 is 0 Å². The molecule has 0 aliphatic heterocycles. The maximum Gasteiger partial charge on any atom is 0.303 e. The highest BCUT2D eigenvalue weighted by Gasteiger charge is 2.10. The predicted molar refractivity (Wildman–Crippen MR) is 60.2 cm³/mol. The molecule has 4 nitrogen and oxygen atoms in total. The third-order valence-electron chi connectivity index (χ3n) is 2.28. The fourth-order valence-electron chi connectivity index (χ4n) is 1.32. The summed E-state index contributed by atoms with van der Waals surface area (Å²) in [5.74, 6) is -1.63. The lowest BCUT2D eigenvalue weighted by atomic mass is 10.1. The van der Waals surface area contributed by atoms with Crippen LogP contribution in [0.5, 0.6) is 0 Å². The highest BCUT2D eigenvalue weighted by atomic mass is 19.1. The van der Waals surface area contributed by atoms with Crippen molar-refractivity contribution in [1.82, 2.24) is 5.32 Å². The third-order valence-corrected chi connectivity index (χ3v) is 2.28. The van der Waals surface area contributed by atoms with Gasteiger partial charge in [0.15, 0.2) is 0 Å². The van der Waals surface area contributed by atoms with Gasteiger partial charge in [0.05, 0.1) is 0 Å². The van der Waals surface area contributed by atoms with Crippen molar-refractivity contribution in [3.63, 3.8) is 0 Å². The fraction of sp³-hybridized carbons (Fsp3) is 0.333. The molecule has 1 atom stereocenters. The van der Waals surface area contributed by atoms with Gasteiger partial charge in [0, 0.05) is 18.0 Å². The Morgan fingerprint density at radius 3 is 2.47 bits per heavy atom. The van der Waals surface area contributed by atoms with E-state index in [0.717, 1.165) is 0 Å². The zero-order valence-electron chi connectivity index (χ0n) is 9.44. The lowest BCUT2D eigenvalue weighted by molar-refractivity contribution is -0.137. The average Bonchev–Trinajstić information content (AvgIpc) is 2.27. The molecule has 0 spiro atoms. The molecule has 0 radical (unpaired) electrons. The van der Waals surface area contributed by atoms with Gasteiger partial charge >= 0.3 is 5.97 Å². The van der Waals surface area contributed by atoms with Gasteiger partial charge in [0.1, 0.15) is 5.82 Å². The van der Waals surface area contributed by atoms with Crippen LogP contribution in [0.1, 0.15) is 30.1 Å². The van der Waals surface area contributed by atoms with E-state index in [-0.39, 0.29) is 18.4 Å². The van der Waals surface area contributed by atoms with Crippen LogP contribution in [0.2, 0.25) is 0 Å². The molecule has 1 aromatic carbocycles. The van der Waals surface area contributed by atoms with Crippen molar-refractivity contribution in [2.45, 2.75) is 25.8 Å². The molecule has 1 amide bonds. The first kappa shape index (κ1) is 13.2. The van der Waals surface area contributed by atoms with Crippen molar-refractivity contribution in [2.24, 2.45) is 0 Å². The van der Waals surface area contributed by atoms with Crippen LogP contribution in [0, 0.1) is 5.82 Å². The van der Waals surface area contributed by atoms with Crippen LogP contribution in [0.4, 0.5) is 4.39 Å². The quantitative estimate of drug-likeness (QED) is 0.823. The molecule has 0 bridgehead atoms. The first-order valence-electron chi connectivity index (χ1n) is 5.27. The summed E-state index contributed by atoms with van der Waals surface area (Å²) in [6.45, 7) is 1.73. The minimum Gasteiger partial charge on any atom is -0.481 e. The van der Waals surface area contributed by atoms with Gasteiger partial charge in [-0.2, -0.15) is 0 Å². The Morgan fingerprint density at radius 1 is 1.35 bits per heavy atom. The van der Waals surface area contributed by atoms with E-state index in [9.17, 15) is 14.0 Å². The molecule has 0 aromatic heterocycles. The minimum atomic E-state index is -0.895. The van der Waals surface area contributed by atoms with Gasteiger partial charge < -0.3 is 10.4 Å². The molecular weight excluding hydrogens is 225 g/mol. The largest absolute Gasteiger partial charge is 0.481 e. The summed E-state index contributed by atoms with van der Waals surface area (Å²) in [4.78, 5) is 22.0. The number of carbonyl (C=O) groups is 2. The smallest absolute Gasteiger partial charge is 0.303 e. The van der Waals surface area contributed by atoms with E-state index in [2.05, 4.69) is 5.32 Å². The Labute approximate surface area is 98.5 Å². The van der Waals surface area contributed by atoms with Gasteiger partial charge in [-0.15, -0.1) is 0 Å². The summed E-state index contributed by atoms with van der Waals surface area (Å²) < 4.78 is 12.6. The summed E-state index contributed by atoms with van der Waals surface area (Å²) in [6, 6.07) is 4.94. The summed E-state index contributed by atoms with van der Waals surface area (Å²) in [7, 11) is 0. The van der Waals surface area contributed by atoms with Crippen molar-refractivity contribution in [3.8, 4) is 0 Å². The summed E-state index contributed by atoms with van der Waals surface area (Å²) in [6.07, 6.45) is 0.368. The van der Waals surface area contributed by atoms with E-state index in [0.29, 0.717) is 12.0 Å². The normalized spacial score (nSPS) is 11.9. The van der Waals surface area contributed by atoms with E-state index in [1.165, 1.54) is 24.3 Å². The van der Waals surface area contributed by atoms with Crippen LogP contribution in [0.3, 0.4) is 0 Å². The Bertz CT molecular complexity index is 403. The molecular formula is C12H14FNO3. The van der Waals surface area contributed by atoms with Crippen molar-refractivity contribution in [1.29, 1.82) is 0 Å². The maximum atomic E-state index is 12.6. The zero-order chi connectivity index (χ0) is 12.8. The van der Waals surface area contributed by atoms with Crippen LogP contribution in [-0.2, 0) is 4.79 Å². The Balaban J connectivity index is 2.48. The van der Waals surface area contributed by atoms with Gasteiger partial charge in [-0.25, -0.2) is 4.39 Å². The molecule has 1 rings (SSSR count). The molecule has 1 unspecified atom stereocenters. The fourth-order valence-corrected chi connectivity index (χ4v) is 1.32. The number of nitrogens with one attached hydrogen (secondary N) is 1. The predicted octanol–water partition coefficient (Wildman–Crippen LogP) is 1.81. The summed E-state index contributed by atoms with van der Waals surface area (Å²) in [5.41, 5.74) is 0.355. The second-order valence-corrected chi connectivity index (χ2v) is 3.81. The molecule has 0 aliphatic rings. The van der Waals surface area contributed by atoms with Crippen molar-refractivity contribution in [2.75, 3.05) is 0 Å². The number of carboxylic acid groups (broad SMARTS) is 1. The standard InChI is InChI=1S/C12H14FNO3/c1-8(2-7-11(15)16)14-12(17)9-3-5-10(13)6-4-9/h3-6,8H,2,7H2,1H3,(H,14,17)(H,15,16). The second-order valence-electron chi connectivity index (χ2n) is 3.81. The SMILES string of the molecule is CC(CCC(=O)O)NC(=O)c1ccc(F)cc1. The molecule has 0 saturated heterocycles. The molecule has 0 fully saturated rings. The number of hydrogen-bond donors (Lipinski definition) is 2. The van der Waals surface area contributed by atoms with Crippen molar-refractivity contribution in [3.05, 3.63) is 35.6 Å². The molecule has 17 heavy (non-hydrogen) atoms. The number of benzene rings is 1. The van der Waals surface area contributed by atoms with Gasteiger partial charge in [0.25, 0.3) is 5.91 Å². The lowest BCUT2D eigenvalue weighted by Gasteiger charge is -2.12. The highest BCUT2D eigenvalue weighted by molar-refractivity contribution is 5.94. The second kappa shape index (κ2) is 5.98. The Kier molecular flexibility index (Phi) is 4.63. The van der Waals surface area contributed by atoms with Crippen LogP contribution < -0.4 is 5.32 Å². The van der Waals surface area contributed by atoms with Crippen molar-refractivity contribution < 1.29 is 19.1 Å². The van der Waals surface area contributed by atoms with Crippen molar-refractivity contribution >= 4 is 11.9 Å². The van der Waals surface area contributed by atoms with Gasteiger partial charge in [-0.05, 0) is 37.6 Å². The first-order valence-corrected chi connectivity index (χ1v) is 5.27. The van der Waals surface area contributed by atoms with E-state index >= 15 is 0 Å². The lowest BCUT2D eigenvalue weighted by Crippen LogP contribution is -2.32. The monoisotopic (exact) mass is 239 g/mol. The number of hydrogen-bond acceptors (Lipinski definition) is 2. The number of rotatable bonds is 5. The summed E-state index contributed by atoms with van der Waals surface area (Å²) in [5, 5.41) is 11.1. The minimum absolute atomic E-state index is 0.00483. The van der Waals surface area contributed by atoms with Gasteiger partial charge in [0.2, 0.25) is 0 Å². The van der Waals surface area contributed by atoms with E-state index in [1.54, 1.807) is 6.92 Å². The van der Waals surface area contributed by atoms with Crippen LogP contribution in [0.15, 0.2) is 24.3 Å². The third kappa shape index (κ3) is 4.63. The number of amides is 1. The average molecular weight is 239 g/mol. The van der Waals surface area contributed by atoms with E-state index in [1.807, 2.05) is 0 Å². The first-order chi connectivity index (χ1) is 7.99. The van der Waals surface area contributed by atoms with Crippen LogP contribution in [0.25, 0.3) is 0 Å². The molecule has 0 saturated carbocycles. The molecule has 0 aliphatic carbocycles. The molecule has 2 N–H and O–H groups in total. The molecule has 0 heterocycles.